The zero-order valence-electron chi connectivity index (χ0n) is 23.0. The fourth-order valence-electron chi connectivity index (χ4n) is 5.21. The molecule has 1 saturated heterocycles. The summed E-state index contributed by atoms with van der Waals surface area (Å²) in [6, 6.07) is 4.96. The van der Waals surface area contributed by atoms with Gasteiger partial charge in [0, 0.05) is 30.0 Å². The summed E-state index contributed by atoms with van der Waals surface area (Å²) in [5, 5.41) is 14.4. The van der Waals surface area contributed by atoms with Gasteiger partial charge in [-0.3, -0.25) is 10.1 Å². The number of rotatable bonds is 9. The topological polar surface area (TPSA) is 93.0 Å². The van der Waals surface area contributed by atoms with Crippen molar-refractivity contribution < 1.29 is 23.6 Å². The molecule has 0 spiro atoms. The molecule has 10 heteroatoms. The minimum Gasteiger partial charge on any atom is -0.493 e. The lowest BCUT2D eigenvalue weighted by atomic mass is 9.87. The Balaban J connectivity index is 1.51. The molecule has 0 N–H and O–H groups in total. The molecule has 2 heterocycles. The lowest BCUT2D eigenvalue weighted by molar-refractivity contribution is -0.385. The standard InChI is InChI=1S/C27H40N2O6SSi/c1-17-12-19(8-10-22(17)29(30)31)33-15-21-20-9-11-23(26-28-18(14-32-5)16-36-26)34-24(20)13-25(21)35-37(6,7)27(2,3)4/h8,10,12,16,20-21,23-25H,9,11,13-15H2,1-7H3/t20-,21-,23-,24+,25-/m1/s1. The third-order valence-electron chi connectivity index (χ3n) is 8.27. The molecule has 204 valence electrons. The molecular weight excluding hydrogens is 508 g/mol. The first-order valence-corrected chi connectivity index (χ1v) is 16.8. The minimum atomic E-state index is -2.01. The molecule has 4 rings (SSSR count). The average Bonchev–Trinajstić information content (AvgIpc) is 3.40. The summed E-state index contributed by atoms with van der Waals surface area (Å²) < 4.78 is 25.1. The quantitative estimate of drug-likeness (QED) is 0.193. The number of thiazole rings is 1. The van der Waals surface area contributed by atoms with Crippen molar-refractivity contribution in [3.63, 3.8) is 0 Å². The van der Waals surface area contributed by atoms with Gasteiger partial charge < -0.3 is 18.6 Å². The van der Waals surface area contributed by atoms with Crippen molar-refractivity contribution in [2.75, 3.05) is 13.7 Å². The van der Waals surface area contributed by atoms with E-state index in [0.717, 1.165) is 30.0 Å². The van der Waals surface area contributed by atoms with Gasteiger partial charge in [-0.2, -0.15) is 0 Å². The Kier molecular flexibility index (Phi) is 8.45. The van der Waals surface area contributed by atoms with Gasteiger partial charge in [0.05, 0.1) is 36.0 Å². The number of nitrogens with zero attached hydrogens (tertiary/aromatic N) is 2. The van der Waals surface area contributed by atoms with E-state index in [1.807, 2.05) is 0 Å². The van der Waals surface area contributed by atoms with E-state index in [1.54, 1.807) is 37.5 Å². The largest absolute Gasteiger partial charge is 0.493 e. The number of aryl methyl sites for hydroxylation is 1. The SMILES string of the molecule is COCc1csc([C@H]2CC[C@@H]3[C@@H](COc4ccc([N+](=O)[O-])c(C)c4)[C@H](O[Si](C)(C)C(C)(C)C)C[C@@H]3O2)n1. The molecule has 0 radical (unpaired) electrons. The highest BCUT2D eigenvalue weighted by Gasteiger charge is 2.51. The Morgan fingerprint density at radius 3 is 2.68 bits per heavy atom. The molecule has 5 atom stereocenters. The molecule has 37 heavy (non-hydrogen) atoms. The van der Waals surface area contributed by atoms with Crippen LogP contribution in [-0.4, -0.2) is 44.1 Å². The maximum Gasteiger partial charge on any atom is 0.272 e. The third-order valence-corrected chi connectivity index (χ3v) is 13.8. The molecule has 1 aliphatic carbocycles. The van der Waals surface area contributed by atoms with Crippen LogP contribution in [-0.2, 0) is 20.5 Å². The molecule has 1 aromatic heterocycles. The van der Waals surface area contributed by atoms with Gasteiger partial charge in [0.15, 0.2) is 8.32 Å². The minimum absolute atomic E-state index is 0.00219. The fraction of sp³-hybridized carbons (Fsp3) is 0.667. The summed E-state index contributed by atoms with van der Waals surface area (Å²) >= 11 is 1.64. The van der Waals surface area contributed by atoms with E-state index >= 15 is 0 Å². The van der Waals surface area contributed by atoms with Crippen molar-refractivity contribution in [2.45, 2.75) is 90.0 Å². The maximum absolute atomic E-state index is 11.2. The van der Waals surface area contributed by atoms with Crippen molar-refractivity contribution in [3.8, 4) is 5.75 Å². The summed E-state index contributed by atoms with van der Waals surface area (Å²) in [4.78, 5) is 15.6. The molecule has 0 bridgehead atoms. The number of fused-ring (bicyclic) bond motifs is 1. The van der Waals surface area contributed by atoms with Crippen molar-refractivity contribution in [1.29, 1.82) is 0 Å². The number of hydrogen-bond acceptors (Lipinski definition) is 8. The smallest absolute Gasteiger partial charge is 0.272 e. The van der Waals surface area contributed by atoms with Crippen LogP contribution in [0.3, 0.4) is 0 Å². The van der Waals surface area contributed by atoms with Gasteiger partial charge in [-0.15, -0.1) is 11.3 Å². The predicted molar refractivity (Wildman–Crippen MR) is 147 cm³/mol. The second kappa shape index (κ2) is 11.1. The molecule has 0 amide bonds. The van der Waals surface area contributed by atoms with Gasteiger partial charge in [0.1, 0.15) is 16.9 Å². The van der Waals surface area contributed by atoms with Gasteiger partial charge in [-0.25, -0.2) is 4.98 Å². The number of aromatic nitrogens is 1. The van der Waals surface area contributed by atoms with Crippen molar-refractivity contribution in [3.05, 3.63) is 50.0 Å². The zero-order valence-corrected chi connectivity index (χ0v) is 24.8. The summed E-state index contributed by atoms with van der Waals surface area (Å²) in [6.07, 6.45) is 2.93. The number of nitro benzene ring substituents is 1. The fourth-order valence-corrected chi connectivity index (χ4v) is 7.47. The Morgan fingerprint density at radius 1 is 1.27 bits per heavy atom. The molecule has 8 nitrogen and oxygen atoms in total. The number of ether oxygens (including phenoxy) is 3. The van der Waals surface area contributed by atoms with Crippen LogP contribution in [0.1, 0.15) is 62.4 Å². The van der Waals surface area contributed by atoms with Gasteiger partial charge >= 0.3 is 0 Å². The Morgan fingerprint density at radius 2 is 2.03 bits per heavy atom. The first kappa shape index (κ1) is 28.2. The maximum atomic E-state index is 11.2. The molecule has 1 saturated carbocycles. The van der Waals surface area contributed by atoms with Crippen LogP contribution in [0.4, 0.5) is 5.69 Å². The number of nitro groups is 1. The van der Waals surface area contributed by atoms with Crippen LogP contribution in [0, 0.1) is 28.9 Å². The van der Waals surface area contributed by atoms with E-state index in [-0.39, 0.29) is 39.9 Å². The van der Waals surface area contributed by atoms with E-state index < -0.39 is 8.32 Å². The van der Waals surface area contributed by atoms with Crippen LogP contribution >= 0.6 is 11.3 Å². The van der Waals surface area contributed by atoms with E-state index in [9.17, 15) is 10.1 Å². The zero-order chi connectivity index (χ0) is 27.0. The van der Waals surface area contributed by atoms with Crippen LogP contribution in [0.5, 0.6) is 5.75 Å². The van der Waals surface area contributed by atoms with Gasteiger partial charge in [0.2, 0.25) is 0 Å². The average molecular weight is 549 g/mol. The summed E-state index contributed by atoms with van der Waals surface area (Å²) in [6.45, 7) is 14.1. The Labute approximate surface area is 225 Å². The number of benzene rings is 1. The normalized spacial score (nSPS) is 26.2. The van der Waals surface area contributed by atoms with Crippen LogP contribution in [0.2, 0.25) is 18.1 Å². The highest BCUT2D eigenvalue weighted by molar-refractivity contribution is 7.09. The van der Waals surface area contributed by atoms with Crippen molar-refractivity contribution >= 4 is 25.3 Å². The van der Waals surface area contributed by atoms with Crippen molar-refractivity contribution in [2.24, 2.45) is 11.8 Å². The molecule has 2 fully saturated rings. The molecule has 1 aromatic carbocycles. The van der Waals surface area contributed by atoms with E-state index in [2.05, 4.69) is 39.2 Å². The third kappa shape index (κ3) is 6.25. The van der Waals surface area contributed by atoms with Crippen LogP contribution < -0.4 is 4.74 Å². The summed E-state index contributed by atoms with van der Waals surface area (Å²) in [7, 11) is -0.328. The van der Waals surface area contributed by atoms with Gasteiger partial charge in [-0.1, -0.05) is 20.8 Å². The first-order chi connectivity index (χ1) is 17.4. The van der Waals surface area contributed by atoms with Gasteiger partial charge in [0.25, 0.3) is 5.69 Å². The van der Waals surface area contributed by atoms with Crippen LogP contribution in [0.25, 0.3) is 0 Å². The second-order valence-corrected chi connectivity index (χ2v) is 17.5. The summed E-state index contributed by atoms with van der Waals surface area (Å²) in [5.41, 5.74) is 1.65. The predicted octanol–water partition coefficient (Wildman–Crippen LogP) is 6.83. The Bertz CT molecular complexity index is 1100. The highest BCUT2D eigenvalue weighted by atomic mass is 32.1. The number of methoxy groups -OCH3 is 1. The molecule has 2 aromatic rings. The van der Waals surface area contributed by atoms with E-state index in [0.29, 0.717) is 30.4 Å². The first-order valence-electron chi connectivity index (χ1n) is 13.0. The molecule has 1 aliphatic heterocycles. The van der Waals surface area contributed by atoms with Gasteiger partial charge in [-0.05, 0) is 62.4 Å². The molecule has 2 aliphatic rings. The highest BCUT2D eigenvalue weighted by Crippen LogP contribution is 2.49. The number of hydrogen-bond donors (Lipinski definition) is 0. The van der Waals surface area contributed by atoms with Crippen molar-refractivity contribution in [1.82, 2.24) is 4.98 Å². The van der Waals surface area contributed by atoms with Crippen LogP contribution in [0.15, 0.2) is 23.6 Å². The molecule has 0 unspecified atom stereocenters. The second-order valence-electron chi connectivity index (χ2n) is 11.8. The monoisotopic (exact) mass is 548 g/mol. The lowest BCUT2D eigenvalue weighted by Crippen LogP contribution is -2.46. The molecular formula is C27H40N2O6SSi. The lowest BCUT2D eigenvalue weighted by Gasteiger charge is -2.40. The van der Waals surface area contributed by atoms with E-state index in [4.69, 9.17) is 23.6 Å². The Hall–Kier alpha value is -1.85. The van der Waals surface area contributed by atoms with E-state index in [1.165, 1.54) is 6.07 Å². The summed E-state index contributed by atoms with van der Waals surface area (Å²) in [5.74, 6) is 1.18.